The molecule has 0 unspecified atom stereocenters. The number of hydrogen-bond donors (Lipinski definition) is 1. The van der Waals surface area contributed by atoms with E-state index in [2.05, 4.69) is 15.4 Å². The standard InChI is InChI=1S/C13H16N4O/c18-13-12-8-14-6-4-10(12)7-16-17(13)9-11-3-1-2-5-15-11/h4,6-8,11,15H,1-3,5,9H2/t11-/m1/s1. The Bertz CT molecular complexity index is 601. The van der Waals surface area contributed by atoms with Crippen LogP contribution in [0.3, 0.4) is 0 Å². The number of nitrogens with zero attached hydrogens (tertiary/aromatic N) is 3. The first-order valence-corrected chi connectivity index (χ1v) is 6.38. The highest BCUT2D eigenvalue weighted by Crippen LogP contribution is 2.09. The molecule has 18 heavy (non-hydrogen) atoms. The number of fused-ring (bicyclic) bond motifs is 1. The fraction of sp³-hybridized carbons (Fsp3) is 0.462. The van der Waals surface area contributed by atoms with E-state index in [9.17, 15) is 4.79 Å². The van der Waals surface area contributed by atoms with Crippen LogP contribution in [0.5, 0.6) is 0 Å². The minimum absolute atomic E-state index is 0.0482. The highest BCUT2D eigenvalue weighted by atomic mass is 16.1. The molecule has 0 radical (unpaired) electrons. The third-order valence-electron chi connectivity index (χ3n) is 3.46. The third kappa shape index (κ3) is 2.13. The first kappa shape index (κ1) is 11.3. The van der Waals surface area contributed by atoms with Crippen LogP contribution in [0.2, 0.25) is 0 Å². The van der Waals surface area contributed by atoms with Crippen molar-refractivity contribution in [3.63, 3.8) is 0 Å². The molecular formula is C13H16N4O. The first-order valence-electron chi connectivity index (χ1n) is 6.38. The van der Waals surface area contributed by atoms with Crippen molar-refractivity contribution in [3.05, 3.63) is 35.0 Å². The maximum absolute atomic E-state index is 12.2. The molecule has 1 N–H and O–H groups in total. The Morgan fingerprint density at radius 2 is 2.33 bits per heavy atom. The zero-order valence-corrected chi connectivity index (χ0v) is 10.2. The minimum Gasteiger partial charge on any atom is -0.312 e. The maximum atomic E-state index is 12.2. The van der Waals surface area contributed by atoms with E-state index in [1.54, 1.807) is 23.3 Å². The van der Waals surface area contributed by atoms with Gasteiger partial charge in [0.15, 0.2) is 0 Å². The van der Waals surface area contributed by atoms with Crippen molar-refractivity contribution in [1.82, 2.24) is 20.1 Å². The van der Waals surface area contributed by atoms with Gasteiger partial charge in [-0.3, -0.25) is 9.78 Å². The van der Waals surface area contributed by atoms with E-state index in [1.807, 2.05) is 6.07 Å². The maximum Gasteiger partial charge on any atom is 0.276 e. The summed E-state index contributed by atoms with van der Waals surface area (Å²) < 4.78 is 1.55. The number of nitrogens with one attached hydrogen (secondary N) is 1. The molecule has 0 amide bonds. The minimum atomic E-state index is -0.0482. The number of hydrogen-bond acceptors (Lipinski definition) is 4. The number of piperidine rings is 1. The van der Waals surface area contributed by atoms with Gasteiger partial charge in [-0.1, -0.05) is 6.42 Å². The molecule has 5 heteroatoms. The van der Waals surface area contributed by atoms with Gasteiger partial charge in [0.1, 0.15) is 0 Å². The Kier molecular flexibility index (Phi) is 3.06. The molecule has 94 valence electrons. The van der Waals surface area contributed by atoms with E-state index < -0.39 is 0 Å². The zero-order valence-electron chi connectivity index (χ0n) is 10.2. The molecule has 1 saturated heterocycles. The van der Waals surface area contributed by atoms with Crippen molar-refractivity contribution in [2.75, 3.05) is 6.54 Å². The lowest BCUT2D eigenvalue weighted by Gasteiger charge is -2.23. The summed E-state index contributed by atoms with van der Waals surface area (Å²) in [7, 11) is 0. The summed E-state index contributed by atoms with van der Waals surface area (Å²) in [5.41, 5.74) is -0.0482. The second-order valence-corrected chi connectivity index (χ2v) is 4.74. The van der Waals surface area contributed by atoms with E-state index >= 15 is 0 Å². The Morgan fingerprint density at radius 1 is 1.39 bits per heavy atom. The van der Waals surface area contributed by atoms with Crippen LogP contribution in [0.15, 0.2) is 29.5 Å². The van der Waals surface area contributed by atoms with Crippen LogP contribution in [-0.4, -0.2) is 27.4 Å². The van der Waals surface area contributed by atoms with Gasteiger partial charge in [-0.2, -0.15) is 5.10 Å². The summed E-state index contributed by atoms with van der Waals surface area (Å²) in [4.78, 5) is 16.2. The predicted octanol–water partition coefficient (Wildman–Crippen LogP) is 0.934. The molecule has 0 aromatic carbocycles. The summed E-state index contributed by atoms with van der Waals surface area (Å²) in [6.45, 7) is 1.68. The van der Waals surface area contributed by atoms with E-state index in [1.165, 1.54) is 12.8 Å². The van der Waals surface area contributed by atoms with Crippen molar-refractivity contribution < 1.29 is 0 Å². The topological polar surface area (TPSA) is 59.8 Å². The lowest BCUT2D eigenvalue weighted by Crippen LogP contribution is -2.40. The summed E-state index contributed by atoms with van der Waals surface area (Å²) in [5.74, 6) is 0. The van der Waals surface area contributed by atoms with Crippen LogP contribution < -0.4 is 10.9 Å². The average molecular weight is 244 g/mol. The van der Waals surface area contributed by atoms with E-state index in [0.717, 1.165) is 18.4 Å². The summed E-state index contributed by atoms with van der Waals surface area (Å²) >= 11 is 0. The molecule has 1 aliphatic heterocycles. The lowest BCUT2D eigenvalue weighted by atomic mass is 10.1. The number of pyridine rings is 1. The molecule has 5 nitrogen and oxygen atoms in total. The Labute approximate surface area is 105 Å². The van der Waals surface area contributed by atoms with Gasteiger partial charge in [-0.15, -0.1) is 0 Å². The smallest absolute Gasteiger partial charge is 0.276 e. The van der Waals surface area contributed by atoms with Gasteiger partial charge in [-0.05, 0) is 25.5 Å². The molecule has 0 spiro atoms. The van der Waals surface area contributed by atoms with Gasteiger partial charge < -0.3 is 5.32 Å². The predicted molar refractivity (Wildman–Crippen MR) is 69.4 cm³/mol. The van der Waals surface area contributed by atoms with Crippen LogP contribution in [0.25, 0.3) is 10.8 Å². The molecule has 3 heterocycles. The molecule has 1 aliphatic rings. The highest BCUT2D eigenvalue weighted by Gasteiger charge is 2.14. The van der Waals surface area contributed by atoms with Crippen molar-refractivity contribution in [1.29, 1.82) is 0 Å². The lowest BCUT2D eigenvalue weighted by molar-refractivity contribution is 0.346. The molecule has 1 atom stereocenters. The zero-order chi connectivity index (χ0) is 12.4. The quantitative estimate of drug-likeness (QED) is 0.854. The van der Waals surface area contributed by atoms with Gasteiger partial charge in [0, 0.05) is 23.8 Å². The molecule has 0 aliphatic carbocycles. The van der Waals surface area contributed by atoms with Crippen LogP contribution in [0.4, 0.5) is 0 Å². The van der Waals surface area contributed by atoms with E-state index in [-0.39, 0.29) is 5.56 Å². The fourth-order valence-electron chi connectivity index (χ4n) is 2.44. The Hall–Kier alpha value is -1.75. The number of aromatic nitrogens is 3. The van der Waals surface area contributed by atoms with Gasteiger partial charge in [0.05, 0.1) is 18.1 Å². The normalized spacial score (nSPS) is 20.1. The largest absolute Gasteiger partial charge is 0.312 e. The van der Waals surface area contributed by atoms with Crippen molar-refractivity contribution in [2.24, 2.45) is 0 Å². The monoisotopic (exact) mass is 244 g/mol. The van der Waals surface area contributed by atoms with Crippen LogP contribution >= 0.6 is 0 Å². The van der Waals surface area contributed by atoms with Gasteiger partial charge in [0.2, 0.25) is 0 Å². The first-order chi connectivity index (χ1) is 8.84. The molecule has 0 bridgehead atoms. The van der Waals surface area contributed by atoms with Gasteiger partial charge in [0.25, 0.3) is 5.56 Å². The van der Waals surface area contributed by atoms with Crippen LogP contribution in [0, 0.1) is 0 Å². The highest BCUT2D eigenvalue weighted by molar-refractivity contribution is 5.79. The average Bonchev–Trinajstić information content (AvgIpc) is 2.43. The molecule has 2 aromatic rings. The molecule has 3 rings (SSSR count). The second kappa shape index (κ2) is 4.86. The number of rotatable bonds is 2. The summed E-state index contributed by atoms with van der Waals surface area (Å²) in [6.07, 6.45) is 8.59. The SMILES string of the molecule is O=c1c2cnccc2cnn1C[C@H]1CCCCN1. The van der Waals surface area contributed by atoms with Crippen LogP contribution in [0.1, 0.15) is 19.3 Å². The Balaban J connectivity index is 1.92. The van der Waals surface area contributed by atoms with Gasteiger partial charge >= 0.3 is 0 Å². The molecular weight excluding hydrogens is 228 g/mol. The summed E-state index contributed by atoms with van der Waals surface area (Å²) in [6, 6.07) is 2.17. The molecule has 1 fully saturated rings. The molecule has 2 aromatic heterocycles. The second-order valence-electron chi connectivity index (χ2n) is 4.74. The van der Waals surface area contributed by atoms with E-state index in [4.69, 9.17) is 0 Å². The van der Waals surface area contributed by atoms with Crippen molar-refractivity contribution >= 4 is 10.8 Å². The van der Waals surface area contributed by atoms with Crippen LogP contribution in [-0.2, 0) is 6.54 Å². The summed E-state index contributed by atoms with van der Waals surface area (Å²) in [5, 5.41) is 9.16. The van der Waals surface area contributed by atoms with Crippen molar-refractivity contribution in [3.8, 4) is 0 Å². The van der Waals surface area contributed by atoms with Gasteiger partial charge in [-0.25, -0.2) is 4.68 Å². The molecule has 0 saturated carbocycles. The van der Waals surface area contributed by atoms with Crippen molar-refractivity contribution in [2.45, 2.75) is 31.8 Å². The fourth-order valence-corrected chi connectivity index (χ4v) is 2.44. The third-order valence-corrected chi connectivity index (χ3v) is 3.46. The van der Waals surface area contributed by atoms with E-state index in [0.29, 0.717) is 18.0 Å². The Morgan fingerprint density at radius 3 is 3.17 bits per heavy atom.